The van der Waals surface area contributed by atoms with Crippen molar-refractivity contribution in [1.29, 1.82) is 0 Å². The van der Waals surface area contributed by atoms with Gasteiger partial charge in [-0.1, -0.05) is 18.2 Å². The highest BCUT2D eigenvalue weighted by atomic mass is 32.2. The van der Waals surface area contributed by atoms with E-state index in [0.717, 1.165) is 17.7 Å². The van der Waals surface area contributed by atoms with Gasteiger partial charge in [0, 0.05) is 4.90 Å². The Kier molecular flexibility index (Phi) is 6.98. The van der Waals surface area contributed by atoms with Gasteiger partial charge >= 0.3 is 5.97 Å². The van der Waals surface area contributed by atoms with Crippen molar-refractivity contribution in [2.75, 3.05) is 17.7 Å². The number of esters is 1. The summed E-state index contributed by atoms with van der Waals surface area (Å²) in [6.07, 6.45) is 2.56. The Labute approximate surface area is 169 Å². The maximum Gasteiger partial charge on any atom is 0.317 e. The van der Waals surface area contributed by atoms with Crippen LogP contribution in [0.1, 0.15) is 31.4 Å². The lowest BCUT2D eigenvalue weighted by Crippen LogP contribution is -2.30. The van der Waals surface area contributed by atoms with Gasteiger partial charge in [-0.3, -0.25) is 9.59 Å². The molecule has 0 saturated heterocycles. The maximum absolute atomic E-state index is 12.4. The maximum atomic E-state index is 12.4. The number of ether oxygens (including phenoxy) is 2. The Bertz CT molecular complexity index is 852. The molecule has 0 spiro atoms. The Morgan fingerprint density at radius 2 is 1.93 bits per heavy atom. The van der Waals surface area contributed by atoms with E-state index in [9.17, 15) is 9.59 Å². The second-order valence-corrected chi connectivity index (χ2v) is 7.67. The molecule has 1 aliphatic carbocycles. The number of hydrogen-bond acceptors (Lipinski definition) is 5. The Hall–Kier alpha value is -2.47. The zero-order chi connectivity index (χ0) is 19.9. The molecule has 2 aromatic carbocycles. The van der Waals surface area contributed by atoms with Gasteiger partial charge in [0.25, 0.3) is 5.91 Å². The highest BCUT2D eigenvalue weighted by molar-refractivity contribution is 8.00. The van der Waals surface area contributed by atoms with Crippen LogP contribution in [0.15, 0.2) is 47.4 Å². The van der Waals surface area contributed by atoms with E-state index in [2.05, 4.69) is 17.4 Å². The number of thioether (sulfide) groups is 1. The van der Waals surface area contributed by atoms with Gasteiger partial charge < -0.3 is 14.8 Å². The normalized spacial score (nSPS) is 13.5. The average molecular weight is 400 g/mol. The topological polar surface area (TPSA) is 64.6 Å². The standard InChI is InChI=1S/C22H25NO4S/c1-3-26-20-10-5-4-9-19(20)23-22(25)15(2)27-21(24)14-28-18-12-11-16-7-6-8-17(16)13-18/h4-5,9-13,15H,3,6-8,14H2,1-2H3,(H,23,25)/t15-/m1/s1. The molecule has 5 nitrogen and oxygen atoms in total. The van der Waals surface area contributed by atoms with Crippen LogP contribution in [0.4, 0.5) is 5.69 Å². The molecule has 1 amide bonds. The monoisotopic (exact) mass is 399 g/mol. The lowest BCUT2D eigenvalue weighted by Gasteiger charge is -2.15. The molecule has 3 rings (SSSR count). The largest absolute Gasteiger partial charge is 0.492 e. The van der Waals surface area contributed by atoms with Crippen molar-refractivity contribution in [1.82, 2.24) is 0 Å². The molecule has 1 aliphatic rings. The molecule has 1 atom stereocenters. The van der Waals surface area contributed by atoms with Crippen molar-refractivity contribution >= 4 is 29.3 Å². The first kappa shape index (κ1) is 20.3. The van der Waals surface area contributed by atoms with E-state index in [0.29, 0.717) is 18.0 Å². The minimum absolute atomic E-state index is 0.173. The van der Waals surface area contributed by atoms with Gasteiger partial charge in [0.15, 0.2) is 6.10 Å². The van der Waals surface area contributed by atoms with Crippen molar-refractivity contribution in [3.8, 4) is 5.75 Å². The van der Waals surface area contributed by atoms with Gasteiger partial charge in [-0.25, -0.2) is 0 Å². The molecule has 0 aliphatic heterocycles. The van der Waals surface area contributed by atoms with E-state index in [1.54, 1.807) is 19.1 Å². The molecule has 0 aromatic heterocycles. The summed E-state index contributed by atoms with van der Waals surface area (Å²) in [6, 6.07) is 13.5. The number of carbonyl (C=O) groups is 2. The summed E-state index contributed by atoms with van der Waals surface area (Å²) in [5.41, 5.74) is 3.34. The lowest BCUT2D eigenvalue weighted by atomic mass is 10.1. The van der Waals surface area contributed by atoms with E-state index < -0.39 is 12.1 Å². The summed E-state index contributed by atoms with van der Waals surface area (Å²) in [4.78, 5) is 25.6. The average Bonchev–Trinajstić information content (AvgIpc) is 3.16. The van der Waals surface area contributed by atoms with Crippen LogP contribution in [0.3, 0.4) is 0 Å². The minimum Gasteiger partial charge on any atom is -0.492 e. The van der Waals surface area contributed by atoms with E-state index in [1.165, 1.54) is 29.3 Å². The molecule has 28 heavy (non-hydrogen) atoms. The number of aryl methyl sites for hydroxylation is 2. The number of benzene rings is 2. The molecular formula is C22H25NO4S. The second kappa shape index (κ2) is 9.64. The van der Waals surface area contributed by atoms with E-state index >= 15 is 0 Å². The molecule has 2 aromatic rings. The zero-order valence-corrected chi connectivity index (χ0v) is 17.0. The fraction of sp³-hybridized carbons (Fsp3) is 0.364. The Morgan fingerprint density at radius 3 is 2.75 bits per heavy atom. The third kappa shape index (κ3) is 5.29. The molecule has 148 valence electrons. The van der Waals surface area contributed by atoms with E-state index in [1.807, 2.05) is 25.1 Å². The number of amides is 1. The number of carbonyl (C=O) groups excluding carboxylic acids is 2. The SMILES string of the molecule is CCOc1ccccc1NC(=O)[C@@H](C)OC(=O)CSc1ccc2c(c1)CCC2. The van der Waals surface area contributed by atoms with Crippen LogP contribution in [0.5, 0.6) is 5.75 Å². The first-order valence-corrected chi connectivity index (χ1v) is 10.5. The van der Waals surface area contributed by atoms with Crippen LogP contribution < -0.4 is 10.1 Å². The number of nitrogens with one attached hydrogen (secondary N) is 1. The molecule has 0 fully saturated rings. The Balaban J connectivity index is 1.49. The number of anilines is 1. The summed E-state index contributed by atoms with van der Waals surface area (Å²) in [7, 11) is 0. The van der Waals surface area contributed by atoms with Crippen LogP contribution in [-0.4, -0.2) is 30.3 Å². The van der Waals surface area contributed by atoms with Gasteiger partial charge in [-0.05, 0) is 68.5 Å². The molecule has 0 heterocycles. The summed E-state index contributed by atoms with van der Waals surface area (Å²) in [6.45, 7) is 3.94. The number of rotatable bonds is 8. The smallest absolute Gasteiger partial charge is 0.317 e. The summed E-state index contributed by atoms with van der Waals surface area (Å²) in [5.74, 6) is -0.0373. The lowest BCUT2D eigenvalue weighted by molar-refractivity contribution is -0.150. The quantitative estimate of drug-likeness (QED) is 0.531. The molecule has 0 saturated carbocycles. The third-order valence-corrected chi connectivity index (χ3v) is 5.52. The van der Waals surface area contributed by atoms with Crippen molar-refractivity contribution in [2.24, 2.45) is 0 Å². The Morgan fingerprint density at radius 1 is 1.14 bits per heavy atom. The number of fused-ring (bicyclic) bond motifs is 1. The van der Waals surface area contributed by atoms with E-state index in [-0.39, 0.29) is 11.7 Å². The first-order chi connectivity index (χ1) is 13.6. The van der Waals surface area contributed by atoms with Gasteiger partial charge in [-0.15, -0.1) is 11.8 Å². The first-order valence-electron chi connectivity index (χ1n) is 9.53. The van der Waals surface area contributed by atoms with Crippen molar-refractivity contribution < 1.29 is 19.1 Å². The predicted octanol–water partition coefficient (Wildman–Crippen LogP) is 4.24. The number of para-hydroxylation sites is 2. The van der Waals surface area contributed by atoms with E-state index in [4.69, 9.17) is 9.47 Å². The van der Waals surface area contributed by atoms with Crippen LogP contribution in [-0.2, 0) is 27.2 Å². The zero-order valence-electron chi connectivity index (χ0n) is 16.2. The van der Waals surface area contributed by atoms with Crippen LogP contribution in [0.2, 0.25) is 0 Å². The van der Waals surface area contributed by atoms with Crippen molar-refractivity contribution in [3.05, 3.63) is 53.6 Å². The van der Waals surface area contributed by atoms with Gasteiger partial charge in [0.05, 0.1) is 18.0 Å². The molecule has 0 bridgehead atoms. The van der Waals surface area contributed by atoms with Gasteiger partial charge in [0.2, 0.25) is 0 Å². The highest BCUT2D eigenvalue weighted by Gasteiger charge is 2.19. The molecule has 6 heteroatoms. The highest BCUT2D eigenvalue weighted by Crippen LogP contribution is 2.28. The van der Waals surface area contributed by atoms with Crippen LogP contribution in [0, 0.1) is 0 Å². The van der Waals surface area contributed by atoms with Crippen molar-refractivity contribution in [3.63, 3.8) is 0 Å². The van der Waals surface area contributed by atoms with Crippen molar-refractivity contribution in [2.45, 2.75) is 44.1 Å². The van der Waals surface area contributed by atoms with Crippen LogP contribution >= 0.6 is 11.8 Å². The second-order valence-electron chi connectivity index (χ2n) is 6.62. The molecule has 1 N–H and O–H groups in total. The summed E-state index contributed by atoms with van der Waals surface area (Å²) >= 11 is 1.44. The summed E-state index contributed by atoms with van der Waals surface area (Å²) < 4.78 is 10.8. The van der Waals surface area contributed by atoms with Gasteiger partial charge in [0.1, 0.15) is 5.75 Å². The third-order valence-electron chi connectivity index (χ3n) is 4.55. The predicted molar refractivity (Wildman–Crippen MR) is 111 cm³/mol. The molecular weight excluding hydrogens is 374 g/mol. The molecule has 0 unspecified atom stereocenters. The minimum atomic E-state index is -0.886. The molecule has 0 radical (unpaired) electrons. The van der Waals surface area contributed by atoms with Gasteiger partial charge in [-0.2, -0.15) is 0 Å². The van der Waals surface area contributed by atoms with Crippen LogP contribution in [0.25, 0.3) is 0 Å². The fourth-order valence-corrected chi connectivity index (χ4v) is 3.89. The fourth-order valence-electron chi connectivity index (χ4n) is 3.15. The number of hydrogen-bond donors (Lipinski definition) is 1. The summed E-state index contributed by atoms with van der Waals surface area (Å²) in [5, 5.41) is 2.75.